The molecular formula is C16H18F2N4O. The Balaban J connectivity index is 1.77. The fourth-order valence-electron chi connectivity index (χ4n) is 2.58. The molecule has 122 valence electrons. The topological polar surface area (TPSA) is 50.3 Å². The highest BCUT2D eigenvalue weighted by atomic mass is 19.1. The van der Waals surface area contributed by atoms with Crippen LogP contribution in [-0.4, -0.2) is 36.1 Å². The molecular weight excluding hydrogens is 302 g/mol. The third-order valence-electron chi connectivity index (χ3n) is 3.74. The normalized spacial score (nSPS) is 16.2. The number of hydrogen-bond donors (Lipinski definition) is 1. The first-order valence-electron chi connectivity index (χ1n) is 7.53. The first kappa shape index (κ1) is 15.6. The Bertz CT molecular complexity index is 657. The first-order valence-corrected chi connectivity index (χ1v) is 7.53. The highest BCUT2D eigenvalue weighted by Crippen LogP contribution is 2.25. The van der Waals surface area contributed by atoms with Crippen molar-refractivity contribution in [2.24, 2.45) is 0 Å². The summed E-state index contributed by atoms with van der Waals surface area (Å²) in [6.45, 7) is 5.00. The van der Waals surface area contributed by atoms with Crippen LogP contribution in [0.15, 0.2) is 30.6 Å². The predicted octanol–water partition coefficient (Wildman–Crippen LogP) is 2.30. The molecule has 0 radical (unpaired) electrons. The number of benzene rings is 1. The smallest absolute Gasteiger partial charge is 0.234 e. The third kappa shape index (κ3) is 3.56. The van der Waals surface area contributed by atoms with Crippen LogP contribution in [0.5, 0.6) is 5.88 Å². The Kier molecular flexibility index (Phi) is 4.66. The molecule has 1 fully saturated rings. The molecule has 1 unspecified atom stereocenters. The average molecular weight is 320 g/mol. The summed E-state index contributed by atoms with van der Waals surface area (Å²) in [6, 6.07) is 3.74. The molecule has 5 nitrogen and oxygen atoms in total. The van der Waals surface area contributed by atoms with Crippen LogP contribution >= 0.6 is 0 Å². The van der Waals surface area contributed by atoms with Gasteiger partial charge in [-0.15, -0.1) is 0 Å². The summed E-state index contributed by atoms with van der Waals surface area (Å²) in [7, 11) is 0. The van der Waals surface area contributed by atoms with Crippen LogP contribution in [0, 0.1) is 11.6 Å². The predicted molar refractivity (Wildman–Crippen MR) is 82.5 cm³/mol. The SMILES string of the molecule is CC(Oc1cncc(N2CCNCC2)n1)c1c(F)cccc1F. The zero-order valence-corrected chi connectivity index (χ0v) is 12.8. The molecule has 2 aromatic rings. The van der Waals surface area contributed by atoms with E-state index in [2.05, 4.69) is 20.2 Å². The number of nitrogens with one attached hydrogen (secondary N) is 1. The molecule has 1 aromatic heterocycles. The summed E-state index contributed by atoms with van der Waals surface area (Å²) in [6.07, 6.45) is 2.30. The fraction of sp³-hybridized carbons (Fsp3) is 0.375. The standard InChI is InChI=1S/C16H18F2N4O/c1-11(16-12(17)3-2-4-13(16)18)23-15-10-20-9-14(21-15)22-7-5-19-6-8-22/h2-4,9-11,19H,5-8H2,1H3. The maximum atomic E-state index is 13.8. The lowest BCUT2D eigenvalue weighted by molar-refractivity contribution is 0.206. The molecule has 7 heteroatoms. The summed E-state index contributed by atoms with van der Waals surface area (Å²) in [4.78, 5) is 10.6. The van der Waals surface area contributed by atoms with Crippen molar-refractivity contribution in [3.8, 4) is 5.88 Å². The van der Waals surface area contributed by atoms with Crippen LogP contribution in [0.4, 0.5) is 14.6 Å². The van der Waals surface area contributed by atoms with E-state index in [1.165, 1.54) is 24.4 Å². The second-order valence-electron chi connectivity index (χ2n) is 5.35. The number of aromatic nitrogens is 2. The molecule has 1 aliphatic heterocycles. The zero-order valence-electron chi connectivity index (χ0n) is 12.8. The van der Waals surface area contributed by atoms with E-state index >= 15 is 0 Å². The van der Waals surface area contributed by atoms with Gasteiger partial charge in [-0.05, 0) is 19.1 Å². The minimum atomic E-state index is -0.802. The van der Waals surface area contributed by atoms with Gasteiger partial charge < -0.3 is 15.0 Å². The number of piperazine rings is 1. The Morgan fingerprint density at radius 2 is 1.87 bits per heavy atom. The van der Waals surface area contributed by atoms with Crippen LogP contribution in [0.1, 0.15) is 18.6 Å². The molecule has 0 amide bonds. The summed E-state index contributed by atoms with van der Waals surface area (Å²) < 4.78 is 33.2. The third-order valence-corrected chi connectivity index (χ3v) is 3.74. The lowest BCUT2D eigenvalue weighted by Crippen LogP contribution is -2.43. The second kappa shape index (κ2) is 6.87. The van der Waals surface area contributed by atoms with Gasteiger partial charge in [0.25, 0.3) is 0 Å². The van der Waals surface area contributed by atoms with Crippen LogP contribution in [0.3, 0.4) is 0 Å². The molecule has 0 aliphatic carbocycles. The second-order valence-corrected chi connectivity index (χ2v) is 5.35. The molecule has 1 saturated heterocycles. The van der Waals surface area contributed by atoms with Crippen molar-refractivity contribution in [1.29, 1.82) is 0 Å². The van der Waals surface area contributed by atoms with E-state index in [-0.39, 0.29) is 11.4 Å². The van der Waals surface area contributed by atoms with E-state index in [1.807, 2.05) is 0 Å². The molecule has 0 saturated carbocycles. The van der Waals surface area contributed by atoms with Gasteiger partial charge >= 0.3 is 0 Å². The van der Waals surface area contributed by atoms with Crippen molar-refractivity contribution in [2.45, 2.75) is 13.0 Å². The van der Waals surface area contributed by atoms with E-state index < -0.39 is 17.7 Å². The Hall–Kier alpha value is -2.28. The molecule has 2 heterocycles. The van der Waals surface area contributed by atoms with Gasteiger partial charge in [0, 0.05) is 26.2 Å². The van der Waals surface area contributed by atoms with Gasteiger partial charge in [0.1, 0.15) is 17.7 Å². The van der Waals surface area contributed by atoms with Crippen molar-refractivity contribution in [3.05, 3.63) is 47.8 Å². The molecule has 3 rings (SSSR count). The minimum Gasteiger partial charge on any atom is -0.468 e. The Morgan fingerprint density at radius 1 is 1.17 bits per heavy atom. The number of halogens is 2. The minimum absolute atomic E-state index is 0.109. The van der Waals surface area contributed by atoms with Crippen molar-refractivity contribution in [1.82, 2.24) is 15.3 Å². The summed E-state index contributed by atoms with van der Waals surface area (Å²) in [5.74, 6) is -0.325. The van der Waals surface area contributed by atoms with Gasteiger partial charge in [0.15, 0.2) is 5.82 Å². The summed E-state index contributed by atoms with van der Waals surface area (Å²) in [5.41, 5.74) is -0.109. The van der Waals surface area contributed by atoms with Crippen molar-refractivity contribution in [3.63, 3.8) is 0 Å². The van der Waals surface area contributed by atoms with Crippen molar-refractivity contribution < 1.29 is 13.5 Å². The highest BCUT2D eigenvalue weighted by Gasteiger charge is 2.19. The molecule has 0 bridgehead atoms. The zero-order chi connectivity index (χ0) is 16.2. The van der Waals surface area contributed by atoms with Crippen molar-refractivity contribution >= 4 is 5.82 Å². The molecule has 23 heavy (non-hydrogen) atoms. The maximum absolute atomic E-state index is 13.8. The molecule has 0 spiro atoms. The van der Waals surface area contributed by atoms with Crippen LogP contribution in [-0.2, 0) is 0 Å². The monoisotopic (exact) mass is 320 g/mol. The largest absolute Gasteiger partial charge is 0.468 e. The summed E-state index contributed by atoms with van der Waals surface area (Å²) in [5, 5.41) is 3.26. The lowest BCUT2D eigenvalue weighted by Gasteiger charge is -2.28. The van der Waals surface area contributed by atoms with Crippen LogP contribution in [0.2, 0.25) is 0 Å². The number of anilines is 1. The Labute approximate surface area is 133 Å². The molecule has 1 aliphatic rings. The number of ether oxygens (including phenoxy) is 1. The average Bonchev–Trinajstić information content (AvgIpc) is 2.56. The van der Waals surface area contributed by atoms with Gasteiger partial charge in [0.2, 0.25) is 5.88 Å². The molecule has 1 atom stereocenters. The fourth-order valence-corrected chi connectivity index (χ4v) is 2.58. The number of nitrogens with zero attached hydrogens (tertiary/aromatic N) is 3. The number of rotatable bonds is 4. The lowest BCUT2D eigenvalue weighted by atomic mass is 10.1. The van der Waals surface area contributed by atoms with Crippen LogP contribution in [0.25, 0.3) is 0 Å². The van der Waals surface area contributed by atoms with Gasteiger partial charge in [-0.3, -0.25) is 4.98 Å². The number of hydrogen-bond acceptors (Lipinski definition) is 5. The van der Waals surface area contributed by atoms with E-state index in [0.717, 1.165) is 26.2 Å². The van der Waals surface area contributed by atoms with Crippen LogP contribution < -0.4 is 15.0 Å². The molecule has 1 aromatic carbocycles. The molecule has 1 N–H and O–H groups in total. The highest BCUT2D eigenvalue weighted by molar-refractivity contribution is 5.38. The van der Waals surface area contributed by atoms with E-state index in [9.17, 15) is 8.78 Å². The quantitative estimate of drug-likeness (QED) is 0.937. The van der Waals surface area contributed by atoms with E-state index in [4.69, 9.17) is 4.74 Å². The Morgan fingerprint density at radius 3 is 2.57 bits per heavy atom. The van der Waals surface area contributed by atoms with Crippen molar-refractivity contribution in [2.75, 3.05) is 31.1 Å². The van der Waals surface area contributed by atoms with Gasteiger partial charge in [0.05, 0.1) is 18.0 Å². The van der Waals surface area contributed by atoms with Gasteiger partial charge in [-0.25, -0.2) is 8.78 Å². The van der Waals surface area contributed by atoms with Gasteiger partial charge in [-0.1, -0.05) is 6.07 Å². The van der Waals surface area contributed by atoms with E-state index in [1.54, 1.807) is 13.1 Å². The maximum Gasteiger partial charge on any atom is 0.234 e. The van der Waals surface area contributed by atoms with Gasteiger partial charge in [-0.2, -0.15) is 4.98 Å². The van der Waals surface area contributed by atoms with E-state index in [0.29, 0.717) is 5.82 Å². The summed E-state index contributed by atoms with van der Waals surface area (Å²) >= 11 is 0. The first-order chi connectivity index (χ1) is 11.1.